The zero-order valence-corrected chi connectivity index (χ0v) is 14.0. The van der Waals surface area contributed by atoms with E-state index in [1.807, 2.05) is 0 Å². The van der Waals surface area contributed by atoms with Crippen molar-refractivity contribution < 1.29 is 0 Å². The molecule has 2 unspecified atom stereocenters. The molecular formula is C17H36N2. The molecule has 1 N–H and O–H groups in total. The summed E-state index contributed by atoms with van der Waals surface area (Å²) in [4.78, 5) is 2.69. The second kappa shape index (κ2) is 8.26. The van der Waals surface area contributed by atoms with E-state index < -0.39 is 0 Å². The Hall–Kier alpha value is -0.0800. The van der Waals surface area contributed by atoms with Gasteiger partial charge in [0, 0.05) is 12.6 Å². The Morgan fingerprint density at radius 1 is 1.11 bits per heavy atom. The minimum Gasteiger partial charge on any atom is -0.313 e. The second-order valence-electron chi connectivity index (χ2n) is 6.98. The Kier molecular flexibility index (Phi) is 7.38. The van der Waals surface area contributed by atoms with Crippen LogP contribution < -0.4 is 5.32 Å². The van der Waals surface area contributed by atoms with Crippen LogP contribution in [0.4, 0.5) is 0 Å². The minimum atomic E-state index is 0.461. The second-order valence-corrected chi connectivity index (χ2v) is 6.98. The topological polar surface area (TPSA) is 15.3 Å². The summed E-state index contributed by atoms with van der Waals surface area (Å²) in [6.45, 7) is 16.7. The van der Waals surface area contributed by atoms with E-state index in [1.54, 1.807) is 0 Å². The van der Waals surface area contributed by atoms with Gasteiger partial charge in [0.25, 0.3) is 0 Å². The van der Waals surface area contributed by atoms with Crippen LogP contribution >= 0.6 is 0 Å². The first-order valence-corrected chi connectivity index (χ1v) is 8.50. The van der Waals surface area contributed by atoms with Gasteiger partial charge in [-0.25, -0.2) is 0 Å². The lowest BCUT2D eigenvalue weighted by atomic mass is 9.67. The predicted octanol–water partition coefficient (Wildman–Crippen LogP) is 3.91. The van der Waals surface area contributed by atoms with Gasteiger partial charge in [-0.1, -0.05) is 41.0 Å². The zero-order chi connectivity index (χ0) is 14.3. The van der Waals surface area contributed by atoms with E-state index in [9.17, 15) is 0 Å². The highest BCUT2D eigenvalue weighted by molar-refractivity contribution is 4.94. The van der Waals surface area contributed by atoms with Gasteiger partial charge in [0.15, 0.2) is 0 Å². The van der Waals surface area contributed by atoms with E-state index in [4.69, 9.17) is 0 Å². The lowest BCUT2D eigenvalue weighted by Crippen LogP contribution is -2.53. The van der Waals surface area contributed by atoms with E-state index in [2.05, 4.69) is 44.8 Å². The zero-order valence-electron chi connectivity index (χ0n) is 14.0. The lowest BCUT2D eigenvalue weighted by molar-refractivity contribution is 0.0796. The van der Waals surface area contributed by atoms with E-state index in [0.29, 0.717) is 11.5 Å². The van der Waals surface area contributed by atoms with Crippen molar-refractivity contribution in [1.82, 2.24) is 10.2 Å². The summed E-state index contributed by atoms with van der Waals surface area (Å²) < 4.78 is 0. The minimum absolute atomic E-state index is 0.461. The fourth-order valence-corrected chi connectivity index (χ4v) is 3.90. The van der Waals surface area contributed by atoms with Crippen LogP contribution in [0.25, 0.3) is 0 Å². The maximum Gasteiger partial charge on any atom is 0.0159 e. The molecule has 0 aromatic heterocycles. The standard InChI is InChI=1S/C17H36N2/c1-6-12-19(13-7-2)14-15-10-9-11-17(4,5)16(15)18-8-3/h15-16,18H,6-14H2,1-5H3. The molecule has 1 fully saturated rings. The average Bonchev–Trinajstić information content (AvgIpc) is 2.34. The number of nitrogens with zero attached hydrogens (tertiary/aromatic N) is 1. The van der Waals surface area contributed by atoms with Gasteiger partial charge in [-0.2, -0.15) is 0 Å². The molecule has 0 aromatic rings. The molecule has 0 amide bonds. The average molecular weight is 268 g/mol. The molecule has 1 rings (SSSR count). The fraction of sp³-hybridized carbons (Fsp3) is 1.00. The van der Waals surface area contributed by atoms with E-state index in [0.717, 1.165) is 12.5 Å². The highest BCUT2D eigenvalue weighted by Gasteiger charge is 2.38. The van der Waals surface area contributed by atoms with Gasteiger partial charge in [-0.3, -0.25) is 0 Å². The van der Waals surface area contributed by atoms with Crippen LogP contribution in [0.1, 0.15) is 66.7 Å². The first-order valence-electron chi connectivity index (χ1n) is 8.50. The molecule has 0 heterocycles. The van der Waals surface area contributed by atoms with Crippen LogP contribution in [0.2, 0.25) is 0 Å². The normalized spacial score (nSPS) is 26.8. The van der Waals surface area contributed by atoms with Crippen molar-refractivity contribution in [1.29, 1.82) is 0 Å². The molecule has 2 nitrogen and oxygen atoms in total. The summed E-state index contributed by atoms with van der Waals surface area (Å²) in [7, 11) is 0. The molecule has 19 heavy (non-hydrogen) atoms. The van der Waals surface area contributed by atoms with Crippen LogP contribution in [0.3, 0.4) is 0 Å². The van der Waals surface area contributed by atoms with E-state index >= 15 is 0 Å². The van der Waals surface area contributed by atoms with Gasteiger partial charge in [0.2, 0.25) is 0 Å². The van der Waals surface area contributed by atoms with Crippen molar-refractivity contribution in [3.8, 4) is 0 Å². The molecule has 0 bridgehead atoms. The molecule has 114 valence electrons. The monoisotopic (exact) mass is 268 g/mol. The predicted molar refractivity (Wildman–Crippen MR) is 85.6 cm³/mol. The Labute approximate surface area is 121 Å². The lowest BCUT2D eigenvalue weighted by Gasteiger charge is -2.46. The first-order chi connectivity index (χ1) is 9.05. The Morgan fingerprint density at radius 3 is 2.26 bits per heavy atom. The van der Waals surface area contributed by atoms with Crippen LogP contribution in [0.15, 0.2) is 0 Å². The fourth-order valence-electron chi connectivity index (χ4n) is 3.90. The number of nitrogens with one attached hydrogen (secondary N) is 1. The van der Waals surface area contributed by atoms with Crippen molar-refractivity contribution in [3.63, 3.8) is 0 Å². The maximum absolute atomic E-state index is 3.79. The molecule has 1 saturated carbocycles. The highest BCUT2D eigenvalue weighted by atomic mass is 15.1. The molecule has 0 aromatic carbocycles. The molecule has 0 saturated heterocycles. The van der Waals surface area contributed by atoms with E-state index in [1.165, 1.54) is 51.7 Å². The van der Waals surface area contributed by atoms with Crippen LogP contribution in [0.5, 0.6) is 0 Å². The maximum atomic E-state index is 3.79. The molecular weight excluding hydrogens is 232 g/mol. The third kappa shape index (κ3) is 5.07. The van der Waals surface area contributed by atoms with Crippen LogP contribution in [0, 0.1) is 11.3 Å². The Morgan fingerprint density at radius 2 is 1.74 bits per heavy atom. The van der Waals surface area contributed by atoms with Gasteiger partial charge in [0.1, 0.15) is 0 Å². The van der Waals surface area contributed by atoms with Crippen LogP contribution in [-0.4, -0.2) is 37.1 Å². The summed E-state index contributed by atoms with van der Waals surface area (Å²) in [6, 6.07) is 0.697. The molecule has 2 atom stereocenters. The molecule has 0 radical (unpaired) electrons. The van der Waals surface area contributed by atoms with E-state index in [-0.39, 0.29) is 0 Å². The Bertz CT molecular complexity index is 231. The van der Waals surface area contributed by atoms with Gasteiger partial charge in [-0.15, -0.1) is 0 Å². The smallest absolute Gasteiger partial charge is 0.0159 e. The van der Waals surface area contributed by atoms with Crippen molar-refractivity contribution in [2.45, 2.75) is 72.8 Å². The first kappa shape index (κ1) is 17.0. The molecule has 0 spiro atoms. The summed E-state index contributed by atoms with van der Waals surface area (Å²) in [5, 5.41) is 3.79. The SMILES string of the molecule is CCCN(CCC)CC1CCCC(C)(C)C1NCC. The third-order valence-corrected chi connectivity index (χ3v) is 4.71. The summed E-state index contributed by atoms with van der Waals surface area (Å²) in [5.41, 5.74) is 0.461. The van der Waals surface area contributed by atoms with Crippen molar-refractivity contribution >= 4 is 0 Å². The van der Waals surface area contributed by atoms with Crippen molar-refractivity contribution in [2.75, 3.05) is 26.2 Å². The summed E-state index contributed by atoms with van der Waals surface area (Å²) in [6.07, 6.45) is 6.75. The number of hydrogen-bond acceptors (Lipinski definition) is 2. The largest absolute Gasteiger partial charge is 0.313 e. The highest BCUT2D eigenvalue weighted by Crippen LogP contribution is 2.39. The van der Waals surface area contributed by atoms with Gasteiger partial charge in [0.05, 0.1) is 0 Å². The molecule has 1 aliphatic rings. The Balaban J connectivity index is 2.65. The quantitative estimate of drug-likeness (QED) is 0.718. The molecule has 1 aliphatic carbocycles. The summed E-state index contributed by atoms with van der Waals surface area (Å²) >= 11 is 0. The van der Waals surface area contributed by atoms with Gasteiger partial charge >= 0.3 is 0 Å². The van der Waals surface area contributed by atoms with Crippen LogP contribution in [-0.2, 0) is 0 Å². The number of hydrogen-bond donors (Lipinski definition) is 1. The van der Waals surface area contributed by atoms with Crippen molar-refractivity contribution in [3.05, 3.63) is 0 Å². The molecule has 0 aliphatic heterocycles. The summed E-state index contributed by atoms with van der Waals surface area (Å²) in [5.74, 6) is 0.835. The molecule has 2 heteroatoms. The van der Waals surface area contributed by atoms with Gasteiger partial charge < -0.3 is 10.2 Å². The van der Waals surface area contributed by atoms with Crippen molar-refractivity contribution in [2.24, 2.45) is 11.3 Å². The third-order valence-electron chi connectivity index (χ3n) is 4.71. The number of rotatable bonds is 8. The van der Waals surface area contributed by atoms with Gasteiger partial charge in [-0.05, 0) is 56.7 Å².